The Hall–Kier alpha value is -2.80. The number of hydrogen-bond acceptors (Lipinski definition) is 11. The van der Waals surface area contributed by atoms with Crippen molar-refractivity contribution in [2.24, 2.45) is 5.16 Å². The second-order valence-electron chi connectivity index (χ2n) is 5.63. The SMILES string of the molecule is C[C@@H]1OC(=O)C2=C1CS[C@@H]([C@H](NC(=O)C(=NO)c1csc(N)n1)C(=O)O)N2. The number of nitrogens with zero attached hydrogens (tertiary/aromatic N) is 2. The maximum absolute atomic E-state index is 12.4. The molecule has 1 aromatic heterocycles. The summed E-state index contributed by atoms with van der Waals surface area (Å²) in [5.74, 6) is -2.45. The van der Waals surface area contributed by atoms with E-state index >= 15 is 0 Å². The number of cyclic esters (lactones) is 1. The van der Waals surface area contributed by atoms with Crippen molar-refractivity contribution >= 4 is 51.8 Å². The molecule has 144 valence electrons. The molecule has 3 heterocycles. The van der Waals surface area contributed by atoms with Gasteiger partial charge in [0.05, 0.1) is 0 Å². The molecule has 0 fully saturated rings. The number of nitrogens with one attached hydrogen (secondary N) is 2. The Morgan fingerprint density at radius 2 is 2.30 bits per heavy atom. The number of nitrogens with two attached hydrogens (primary N) is 1. The predicted molar refractivity (Wildman–Crippen MR) is 96.4 cm³/mol. The van der Waals surface area contributed by atoms with Gasteiger partial charge in [0.1, 0.15) is 22.9 Å². The van der Waals surface area contributed by atoms with E-state index in [0.29, 0.717) is 5.75 Å². The van der Waals surface area contributed by atoms with Crippen LogP contribution in [0.15, 0.2) is 21.8 Å². The second kappa shape index (κ2) is 7.44. The van der Waals surface area contributed by atoms with Gasteiger partial charge in [-0.15, -0.1) is 23.1 Å². The van der Waals surface area contributed by atoms with E-state index < -0.39 is 35.0 Å². The Morgan fingerprint density at radius 3 is 2.89 bits per heavy atom. The molecule has 0 bridgehead atoms. The number of carboxylic acids is 1. The van der Waals surface area contributed by atoms with Gasteiger partial charge >= 0.3 is 11.9 Å². The molecule has 2 aliphatic rings. The first-order chi connectivity index (χ1) is 12.8. The molecule has 3 rings (SSSR count). The van der Waals surface area contributed by atoms with Crippen LogP contribution in [0.1, 0.15) is 12.6 Å². The molecule has 0 unspecified atom stereocenters. The van der Waals surface area contributed by atoms with E-state index in [-0.39, 0.29) is 22.6 Å². The number of oxime groups is 1. The van der Waals surface area contributed by atoms with Crippen LogP contribution in [0.3, 0.4) is 0 Å². The first kappa shape index (κ1) is 19.0. The van der Waals surface area contributed by atoms with E-state index in [2.05, 4.69) is 20.8 Å². The Morgan fingerprint density at radius 1 is 1.56 bits per heavy atom. The van der Waals surface area contributed by atoms with Crippen LogP contribution < -0.4 is 16.4 Å². The van der Waals surface area contributed by atoms with Gasteiger partial charge in [-0.1, -0.05) is 5.16 Å². The molecule has 0 aliphatic carbocycles. The maximum Gasteiger partial charge on any atom is 0.355 e. The summed E-state index contributed by atoms with van der Waals surface area (Å²) in [5.41, 5.74) is 6.00. The van der Waals surface area contributed by atoms with Crippen molar-refractivity contribution in [2.75, 3.05) is 11.5 Å². The van der Waals surface area contributed by atoms with Gasteiger partial charge in [0, 0.05) is 16.7 Å². The van der Waals surface area contributed by atoms with Crippen LogP contribution >= 0.6 is 23.1 Å². The molecule has 0 spiro atoms. The molecule has 2 aliphatic heterocycles. The number of anilines is 1. The number of carbonyl (C=O) groups is 3. The van der Waals surface area contributed by atoms with Crippen molar-refractivity contribution in [1.82, 2.24) is 15.6 Å². The number of thioether (sulfide) groups is 1. The lowest BCUT2D eigenvalue weighted by Crippen LogP contribution is -2.55. The highest BCUT2D eigenvalue weighted by Gasteiger charge is 2.41. The topological polar surface area (TPSA) is 176 Å². The predicted octanol–water partition coefficient (Wildman–Crippen LogP) is -0.665. The highest BCUT2D eigenvalue weighted by molar-refractivity contribution is 8.00. The van der Waals surface area contributed by atoms with Crippen LogP contribution in [0, 0.1) is 0 Å². The number of hydrogen-bond donors (Lipinski definition) is 5. The molecule has 0 aromatic carbocycles. The molecular weight excluding hydrogens is 398 g/mol. The third-order valence-corrected chi connectivity index (χ3v) is 5.84. The van der Waals surface area contributed by atoms with Crippen molar-refractivity contribution in [2.45, 2.75) is 24.4 Å². The Bertz CT molecular complexity index is 866. The number of carbonyl (C=O) groups excluding carboxylic acids is 2. The number of aliphatic carboxylic acids is 1. The molecule has 1 amide bonds. The van der Waals surface area contributed by atoms with Gasteiger partial charge in [0.25, 0.3) is 5.91 Å². The van der Waals surface area contributed by atoms with Gasteiger partial charge in [-0.3, -0.25) is 4.79 Å². The zero-order valence-corrected chi connectivity index (χ0v) is 15.5. The number of nitrogen functional groups attached to an aromatic ring is 1. The maximum atomic E-state index is 12.4. The number of esters is 1. The average Bonchev–Trinajstić information content (AvgIpc) is 3.16. The van der Waals surface area contributed by atoms with E-state index in [9.17, 15) is 19.5 Å². The molecule has 6 N–H and O–H groups in total. The van der Waals surface area contributed by atoms with Crippen molar-refractivity contribution < 1.29 is 29.4 Å². The monoisotopic (exact) mass is 413 g/mol. The van der Waals surface area contributed by atoms with Crippen LogP contribution in [0.4, 0.5) is 5.13 Å². The minimum atomic E-state index is -1.41. The summed E-state index contributed by atoms with van der Waals surface area (Å²) in [4.78, 5) is 39.8. The molecule has 1 aromatic rings. The minimum absolute atomic E-state index is 0.0177. The smallest absolute Gasteiger partial charge is 0.355 e. The first-order valence-electron chi connectivity index (χ1n) is 7.61. The summed E-state index contributed by atoms with van der Waals surface area (Å²) in [6.45, 7) is 1.73. The summed E-state index contributed by atoms with van der Waals surface area (Å²) < 4.78 is 5.10. The Kier molecular flexibility index (Phi) is 5.23. The second-order valence-corrected chi connectivity index (χ2v) is 7.65. The fraction of sp³-hybridized carbons (Fsp3) is 0.357. The zero-order chi connectivity index (χ0) is 19.7. The summed E-state index contributed by atoms with van der Waals surface area (Å²) in [5, 5.41) is 27.4. The number of aromatic nitrogens is 1. The Labute approximate surface area is 160 Å². The molecular formula is C14H15N5O6S2. The molecule has 13 heteroatoms. The normalized spacial score (nSPS) is 23.3. The van der Waals surface area contributed by atoms with Crippen molar-refractivity contribution in [3.8, 4) is 0 Å². The fourth-order valence-corrected chi connectivity index (χ4v) is 4.46. The van der Waals surface area contributed by atoms with E-state index in [1.165, 1.54) is 17.1 Å². The summed E-state index contributed by atoms with van der Waals surface area (Å²) in [7, 11) is 0. The van der Waals surface area contributed by atoms with Crippen molar-refractivity contribution in [3.05, 3.63) is 22.3 Å². The number of amides is 1. The summed E-state index contributed by atoms with van der Waals surface area (Å²) in [6.07, 6.45) is -0.380. The lowest BCUT2D eigenvalue weighted by Gasteiger charge is -2.29. The molecule has 0 saturated heterocycles. The van der Waals surface area contributed by atoms with Crippen LogP contribution in [-0.4, -0.2) is 62.1 Å². The van der Waals surface area contributed by atoms with Gasteiger partial charge in [0.2, 0.25) is 0 Å². The molecule has 0 radical (unpaired) electrons. The summed E-state index contributed by atoms with van der Waals surface area (Å²) >= 11 is 2.24. The van der Waals surface area contributed by atoms with Crippen molar-refractivity contribution in [3.63, 3.8) is 0 Å². The standard InChI is InChI=1S/C14H15N5O6S2/c1-4-5-2-26-11(18-7(5)13(23)25-4)9(12(21)22)17-10(20)8(19-24)6-3-27-14(15)16-6/h3-4,9,11,18,24H,2H2,1H3,(H2,15,16)(H,17,20)(H,21,22)/t4-,9-,11-/m0/s1. The van der Waals surface area contributed by atoms with Crippen LogP contribution in [0.2, 0.25) is 0 Å². The van der Waals surface area contributed by atoms with Gasteiger partial charge < -0.3 is 31.4 Å². The largest absolute Gasteiger partial charge is 0.480 e. The van der Waals surface area contributed by atoms with Gasteiger partial charge in [-0.2, -0.15) is 0 Å². The number of ether oxygens (including phenoxy) is 1. The first-order valence-corrected chi connectivity index (χ1v) is 9.54. The highest BCUT2D eigenvalue weighted by Crippen LogP contribution is 2.32. The zero-order valence-electron chi connectivity index (χ0n) is 13.8. The van der Waals surface area contributed by atoms with E-state index in [0.717, 1.165) is 16.9 Å². The lowest BCUT2D eigenvalue weighted by molar-refractivity contribution is -0.142. The van der Waals surface area contributed by atoms with E-state index in [1.54, 1.807) is 6.92 Å². The number of rotatable bonds is 5. The molecule has 3 atom stereocenters. The van der Waals surface area contributed by atoms with Crippen LogP contribution in [-0.2, 0) is 19.1 Å². The highest BCUT2D eigenvalue weighted by atomic mass is 32.2. The van der Waals surface area contributed by atoms with Gasteiger partial charge in [-0.25, -0.2) is 14.6 Å². The average molecular weight is 413 g/mol. The number of thiazole rings is 1. The van der Waals surface area contributed by atoms with Gasteiger partial charge in [-0.05, 0) is 6.92 Å². The van der Waals surface area contributed by atoms with Crippen LogP contribution in [0.5, 0.6) is 0 Å². The third kappa shape index (κ3) is 3.68. The molecule has 11 nitrogen and oxygen atoms in total. The van der Waals surface area contributed by atoms with Crippen LogP contribution in [0.25, 0.3) is 0 Å². The van der Waals surface area contributed by atoms with E-state index in [4.69, 9.17) is 15.7 Å². The number of carboxylic acid groups (broad SMARTS) is 1. The fourth-order valence-electron chi connectivity index (χ4n) is 2.60. The lowest BCUT2D eigenvalue weighted by atomic mass is 10.1. The minimum Gasteiger partial charge on any atom is -0.480 e. The molecule has 0 saturated carbocycles. The van der Waals surface area contributed by atoms with E-state index in [1.807, 2.05) is 0 Å². The summed E-state index contributed by atoms with van der Waals surface area (Å²) in [6, 6.07) is -1.41. The third-order valence-electron chi connectivity index (χ3n) is 3.94. The Balaban J connectivity index is 1.77. The molecule has 27 heavy (non-hydrogen) atoms. The quantitative estimate of drug-likeness (QED) is 0.180. The van der Waals surface area contributed by atoms with Gasteiger partial charge in [0.15, 0.2) is 16.9 Å². The van der Waals surface area contributed by atoms with Crippen molar-refractivity contribution in [1.29, 1.82) is 0 Å².